The van der Waals surface area contributed by atoms with Gasteiger partial charge in [-0.25, -0.2) is 9.59 Å². The molecule has 1 N–H and O–H groups in total. The fraction of sp³-hybridized carbons (Fsp3) is 0.269. The van der Waals surface area contributed by atoms with E-state index in [2.05, 4.69) is 21.2 Å². The van der Waals surface area contributed by atoms with Crippen LogP contribution in [0.4, 0.5) is 5.69 Å². The molecule has 8 heteroatoms. The summed E-state index contributed by atoms with van der Waals surface area (Å²) >= 11 is 3.73. The third-order valence-electron chi connectivity index (χ3n) is 5.63. The maximum Gasteiger partial charge on any atom is 0.336 e. The van der Waals surface area contributed by atoms with Crippen LogP contribution in [-0.4, -0.2) is 23.4 Å². The molecule has 0 fully saturated rings. The Hall–Kier alpha value is -3.48. The smallest absolute Gasteiger partial charge is 0.336 e. The Morgan fingerprint density at radius 2 is 2.00 bits per heavy atom. The molecule has 2 atom stereocenters. The Balaban J connectivity index is 2.09. The van der Waals surface area contributed by atoms with Crippen molar-refractivity contribution in [1.82, 2.24) is 5.32 Å². The molecular formula is C26H25BrN2O5. The number of ether oxygens (including phenoxy) is 1. The maximum atomic E-state index is 13.2. The highest BCUT2D eigenvalue weighted by Gasteiger charge is 2.35. The molecular weight excluding hydrogens is 500 g/mol. The zero-order chi connectivity index (χ0) is 24.7. The quantitative estimate of drug-likeness (QED) is 0.149. The number of nitrogens with one attached hydrogen (secondary N) is 1. The van der Waals surface area contributed by atoms with Crippen molar-refractivity contribution in [2.24, 2.45) is 0 Å². The largest absolute Gasteiger partial charge is 0.463 e. The van der Waals surface area contributed by atoms with Crippen molar-refractivity contribution in [2.45, 2.75) is 37.4 Å². The first-order valence-corrected chi connectivity index (χ1v) is 11.8. The first-order chi connectivity index (χ1) is 16.4. The van der Waals surface area contributed by atoms with Gasteiger partial charge in [0, 0.05) is 40.3 Å². The number of nitro benzene ring substituents is 1. The van der Waals surface area contributed by atoms with Crippen LogP contribution in [0.2, 0.25) is 0 Å². The summed E-state index contributed by atoms with van der Waals surface area (Å²) in [5.74, 6) is 0.557. The summed E-state index contributed by atoms with van der Waals surface area (Å²) in [7, 11) is 0. The number of esters is 1. The number of hydrogen-bond donors (Lipinski definition) is 1. The Morgan fingerprint density at radius 3 is 2.65 bits per heavy atom. The van der Waals surface area contributed by atoms with Gasteiger partial charge in [-0.3, -0.25) is 10.1 Å². The van der Waals surface area contributed by atoms with Crippen LogP contribution in [0.25, 0.3) is 0 Å². The summed E-state index contributed by atoms with van der Waals surface area (Å²) in [6.45, 7) is 3.69. The van der Waals surface area contributed by atoms with Gasteiger partial charge in [-0.1, -0.05) is 58.4 Å². The van der Waals surface area contributed by atoms with Crippen molar-refractivity contribution in [3.63, 3.8) is 0 Å². The molecule has 0 aromatic heterocycles. The summed E-state index contributed by atoms with van der Waals surface area (Å²) in [5.41, 5.74) is 3.73. The van der Waals surface area contributed by atoms with Gasteiger partial charge in [0.05, 0.1) is 17.1 Å². The molecule has 34 heavy (non-hydrogen) atoms. The minimum Gasteiger partial charge on any atom is -0.463 e. The van der Waals surface area contributed by atoms with Gasteiger partial charge in [-0.2, -0.15) is 0 Å². The van der Waals surface area contributed by atoms with Crippen molar-refractivity contribution in [2.75, 3.05) is 6.61 Å². The molecule has 176 valence electrons. The first-order valence-electron chi connectivity index (χ1n) is 10.9. The lowest BCUT2D eigenvalue weighted by Crippen LogP contribution is -2.30. The fourth-order valence-corrected chi connectivity index (χ4v) is 4.61. The first kappa shape index (κ1) is 25.1. The number of alkyl halides is 1. The molecule has 0 saturated heterocycles. The van der Waals surface area contributed by atoms with Gasteiger partial charge in [-0.05, 0) is 43.4 Å². The number of carbonyl (C=O) groups excluding carboxylic acids is 2. The number of carbonyl (C=O) groups is 1. The number of non-ortho nitro benzene ring substituents is 1. The maximum absolute atomic E-state index is 13.2. The van der Waals surface area contributed by atoms with Crippen LogP contribution in [0.5, 0.6) is 0 Å². The Kier molecular flexibility index (Phi) is 8.57. The van der Waals surface area contributed by atoms with E-state index in [1.54, 1.807) is 31.9 Å². The molecule has 1 heterocycles. The lowest BCUT2D eigenvalue weighted by atomic mass is 9.79. The third-order valence-corrected chi connectivity index (χ3v) is 6.62. The lowest BCUT2D eigenvalue weighted by molar-refractivity contribution is -0.384. The number of halogens is 1. The van der Waals surface area contributed by atoms with Gasteiger partial charge < -0.3 is 10.1 Å². The predicted molar refractivity (Wildman–Crippen MR) is 133 cm³/mol. The average Bonchev–Trinajstić information content (AvgIpc) is 2.84. The summed E-state index contributed by atoms with van der Waals surface area (Å²) in [5, 5.41) is 14.7. The van der Waals surface area contributed by atoms with Crippen LogP contribution in [0.3, 0.4) is 0 Å². The van der Waals surface area contributed by atoms with Gasteiger partial charge in [0.15, 0.2) is 0 Å². The van der Waals surface area contributed by atoms with E-state index in [0.29, 0.717) is 40.9 Å². The van der Waals surface area contributed by atoms with Gasteiger partial charge in [-0.15, -0.1) is 0 Å². The fourth-order valence-electron chi connectivity index (χ4n) is 4.08. The number of nitro groups is 1. The molecule has 1 aliphatic heterocycles. The summed E-state index contributed by atoms with van der Waals surface area (Å²) in [6.07, 6.45) is 2.46. The van der Waals surface area contributed by atoms with Crippen LogP contribution in [0, 0.1) is 10.1 Å². The summed E-state index contributed by atoms with van der Waals surface area (Å²) in [4.78, 5) is 35.5. The van der Waals surface area contributed by atoms with Crippen LogP contribution < -0.4 is 5.32 Å². The summed E-state index contributed by atoms with van der Waals surface area (Å²) < 4.78 is 5.38. The molecule has 0 aliphatic carbocycles. The van der Waals surface area contributed by atoms with Crippen molar-refractivity contribution >= 4 is 33.5 Å². The van der Waals surface area contributed by atoms with E-state index < -0.39 is 16.8 Å². The normalized spacial score (nSPS) is 16.4. The second kappa shape index (κ2) is 11.6. The molecule has 0 spiro atoms. The zero-order valence-electron chi connectivity index (χ0n) is 18.9. The molecule has 7 nitrogen and oxygen atoms in total. The van der Waals surface area contributed by atoms with E-state index >= 15 is 0 Å². The molecule has 0 radical (unpaired) electrons. The lowest BCUT2D eigenvalue weighted by Gasteiger charge is -2.31. The molecule has 2 unspecified atom stereocenters. The van der Waals surface area contributed by atoms with Crippen LogP contribution in [-0.2, 0) is 14.3 Å². The second-order valence-electron chi connectivity index (χ2n) is 7.78. The topological polar surface area (TPSA) is 98.5 Å². The van der Waals surface area contributed by atoms with Crippen molar-refractivity contribution in [3.8, 4) is 0 Å². The second-order valence-corrected chi connectivity index (χ2v) is 8.89. The van der Waals surface area contributed by atoms with Crippen LogP contribution in [0.1, 0.15) is 48.6 Å². The third kappa shape index (κ3) is 5.71. The molecule has 0 saturated carbocycles. The zero-order valence-corrected chi connectivity index (χ0v) is 20.5. The van der Waals surface area contributed by atoms with E-state index in [9.17, 15) is 19.7 Å². The van der Waals surface area contributed by atoms with E-state index in [1.807, 2.05) is 30.3 Å². The van der Waals surface area contributed by atoms with E-state index in [1.165, 1.54) is 18.2 Å². The van der Waals surface area contributed by atoms with E-state index in [0.717, 1.165) is 5.56 Å². The highest BCUT2D eigenvalue weighted by molar-refractivity contribution is 9.09. The van der Waals surface area contributed by atoms with Crippen molar-refractivity contribution in [1.29, 1.82) is 0 Å². The van der Waals surface area contributed by atoms with E-state index in [-0.39, 0.29) is 17.1 Å². The number of allylic oxidation sites excluding steroid dienone is 4. The number of dihydropyridines is 1. The van der Waals surface area contributed by atoms with Crippen LogP contribution >= 0.6 is 15.9 Å². The number of benzene rings is 2. The predicted octanol–water partition coefficient (Wildman–Crippen LogP) is 5.68. The highest BCUT2D eigenvalue weighted by Crippen LogP contribution is 2.41. The molecule has 2 aromatic carbocycles. The molecule has 0 bridgehead atoms. The van der Waals surface area contributed by atoms with Crippen LogP contribution in [0.15, 0.2) is 83.2 Å². The average molecular weight is 525 g/mol. The number of rotatable bonds is 9. The Morgan fingerprint density at radius 1 is 1.26 bits per heavy atom. The van der Waals surface area contributed by atoms with E-state index in [4.69, 9.17) is 4.74 Å². The van der Waals surface area contributed by atoms with Gasteiger partial charge in [0.2, 0.25) is 0 Å². The molecule has 1 aliphatic rings. The Bertz CT molecular complexity index is 1180. The van der Waals surface area contributed by atoms with Gasteiger partial charge in [0.25, 0.3) is 5.69 Å². The standard InChI is InChI=1S/C26H25BrN2O5/c1-3-34-26(31)25-23(13-12-22(27)18-8-5-4-6-9-18)28-17(2)21(14-15-30)24(25)19-10-7-11-20(16-19)29(32)33/h4-11,14,16,22,24,28H,3,12-13H2,1-2H3. The Labute approximate surface area is 206 Å². The molecule has 2 aromatic rings. The highest BCUT2D eigenvalue weighted by atomic mass is 79.9. The van der Waals surface area contributed by atoms with Crippen molar-refractivity contribution in [3.05, 3.63) is 104 Å². The minimum atomic E-state index is -0.706. The monoisotopic (exact) mass is 524 g/mol. The van der Waals surface area contributed by atoms with Crippen molar-refractivity contribution < 1.29 is 19.2 Å². The van der Waals surface area contributed by atoms with Gasteiger partial charge in [0.1, 0.15) is 5.94 Å². The minimum absolute atomic E-state index is 0.0586. The summed E-state index contributed by atoms with van der Waals surface area (Å²) in [6, 6.07) is 16.0. The van der Waals surface area contributed by atoms with Gasteiger partial charge >= 0.3 is 5.97 Å². The number of hydrogen-bond acceptors (Lipinski definition) is 6. The number of nitrogens with zero attached hydrogens (tertiary/aromatic N) is 1. The molecule has 3 rings (SSSR count). The SMILES string of the molecule is CCOC(=O)C1=C(CCC(Br)c2ccccc2)NC(C)=C(C=C=O)C1c1cccc([N+](=O)[O-])c1. The molecule has 0 amide bonds.